The highest BCUT2D eigenvalue weighted by Crippen LogP contribution is 2.42. The molecular weight excluding hydrogens is 358 g/mol. The van der Waals surface area contributed by atoms with Gasteiger partial charge in [-0.2, -0.15) is 9.78 Å². The Morgan fingerprint density at radius 2 is 2.08 bits per heavy atom. The van der Waals surface area contributed by atoms with E-state index < -0.39 is 6.04 Å². The van der Waals surface area contributed by atoms with Gasteiger partial charge in [0.05, 0.1) is 6.26 Å². The number of tetrazole rings is 1. The lowest BCUT2D eigenvalue weighted by atomic mass is 9.94. The van der Waals surface area contributed by atoms with Gasteiger partial charge in [-0.05, 0) is 28.6 Å². The average molecular weight is 368 g/mol. The molecule has 10 heteroatoms. The minimum absolute atomic E-state index is 0.304. The molecule has 5 rings (SSSR count). The van der Waals surface area contributed by atoms with Crippen LogP contribution in [0.5, 0.6) is 0 Å². The SMILES string of the molecule is O=c1[nH]nc(-c2ccco2)c2c1Nc1nnnn1[C@H]2c1ccccc1Cl. The molecule has 0 radical (unpaired) electrons. The second-order valence-corrected chi connectivity index (χ2v) is 6.07. The molecule has 128 valence electrons. The summed E-state index contributed by atoms with van der Waals surface area (Å²) in [5, 5.41) is 21.9. The van der Waals surface area contributed by atoms with Gasteiger partial charge in [0.2, 0.25) is 5.95 Å². The Labute approximate surface area is 150 Å². The molecule has 1 aliphatic heterocycles. The van der Waals surface area contributed by atoms with Gasteiger partial charge in [-0.3, -0.25) is 4.79 Å². The van der Waals surface area contributed by atoms with Crippen molar-refractivity contribution in [2.45, 2.75) is 6.04 Å². The average Bonchev–Trinajstić information content (AvgIpc) is 3.33. The van der Waals surface area contributed by atoms with Crippen LogP contribution in [0.4, 0.5) is 11.6 Å². The third-order valence-electron chi connectivity index (χ3n) is 4.22. The summed E-state index contributed by atoms with van der Waals surface area (Å²) in [5.74, 6) is 0.845. The summed E-state index contributed by atoms with van der Waals surface area (Å²) in [6.07, 6.45) is 1.54. The number of fused-ring (bicyclic) bond motifs is 2. The number of aromatic nitrogens is 6. The third-order valence-corrected chi connectivity index (χ3v) is 4.57. The Kier molecular flexibility index (Phi) is 3.16. The van der Waals surface area contributed by atoms with Crippen LogP contribution in [0, 0.1) is 0 Å². The highest BCUT2D eigenvalue weighted by molar-refractivity contribution is 6.31. The Morgan fingerprint density at radius 3 is 2.88 bits per heavy atom. The summed E-state index contributed by atoms with van der Waals surface area (Å²) < 4.78 is 7.07. The van der Waals surface area contributed by atoms with Crippen LogP contribution < -0.4 is 10.9 Å². The predicted molar refractivity (Wildman–Crippen MR) is 92.4 cm³/mol. The molecule has 0 spiro atoms. The standard InChI is InChI=1S/C16H10ClN7O2/c17-9-5-2-1-4-8(9)14-11-12(10-6-3-7-26-10)19-20-15(25)13(11)18-16-21-22-23-24(14)16/h1-7,14H,(H,20,25)(H,18,21,23)/t14-/m0/s1. The van der Waals surface area contributed by atoms with Gasteiger partial charge >= 0.3 is 0 Å². The van der Waals surface area contributed by atoms with Gasteiger partial charge in [0.1, 0.15) is 17.4 Å². The van der Waals surface area contributed by atoms with Crippen LogP contribution in [0.15, 0.2) is 51.9 Å². The zero-order valence-corrected chi connectivity index (χ0v) is 13.8. The minimum Gasteiger partial charge on any atom is -0.463 e. The van der Waals surface area contributed by atoms with Gasteiger partial charge in [-0.25, -0.2) is 5.10 Å². The molecule has 4 aromatic rings. The van der Waals surface area contributed by atoms with Crippen LogP contribution in [-0.4, -0.2) is 30.4 Å². The number of hydrogen-bond acceptors (Lipinski definition) is 7. The van der Waals surface area contributed by atoms with E-state index in [0.29, 0.717) is 33.7 Å². The Hall–Kier alpha value is -3.46. The Bertz CT molecular complexity index is 1170. The minimum atomic E-state index is -0.542. The molecule has 1 aromatic carbocycles. The highest BCUT2D eigenvalue weighted by atomic mass is 35.5. The van der Waals surface area contributed by atoms with Crippen molar-refractivity contribution in [2.75, 3.05) is 5.32 Å². The molecule has 1 aliphatic rings. The van der Waals surface area contributed by atoms with Gasteiger partial charge in [0, 0.05) is 16.1 Å². The van der Waals surface area contributed by atoms with E-state index in [9.17, 15) is 4.79 Å². The Morgan fingerprint density at radius 1 is 1.19 bits per heavy atom. The molecule has 0 saturated heterocycles. The van der Waals surface area contributed by atoms with Crippen LogP contribution in [0.25, 0.3) is 11.5 Å². The van der Waals surface area contributed by atoms with Crippen molar-refractivity contribution in [3.05, 3.63) is 69.2 Å². The van der Waals surface area contributed by atoms with Crippen LogP contribution >= 0.6 is 11.6 Å². The first-order valence-corrected chi connectivity index (χ1v) is 8.07. The van der Waals surface area contributed by atoms with E-state index in [-0.39, 0.29) is 5.56 Å². The summed E-state index contributed by atoms with van der Waals surface area (Å²) in [5.41, 5.74) is 1.71. The lowest BCUT2D eigenvalue weighted by Crippen LogP contribution is -2.29. The fraction of sp³-hybridized carbons (Fsp3) is 0.0625. The third kappa shape index (κ3) is 2.07. The van der Waals surface area contributed by atoms with E-state index in [2.05, 4.69) is 31.0 Å². The van der Waals surface area contributed by atoms with Gasteiger partial charge < -0.3 is 9.73 Å². The van der Waals surface area contributed by atoms with Gasteiger partial charge in [0.25, 0.3) is 5.56 Å². The zero-order valence-electron chi connectivity index (χ0n) is 13.0. The van der Waals surface area contributed by atoms with Gasteiger partial charge in [0.15, 0.2) is 5.76 Å². The maximum absolute atomic E-state index is 12.5. The number of benzene rings is 1. The van der Waals surface area contributed by atoms with E-state index in [1.807, 2.05) is 18.2 Å². The summed E-state index contributed by atoms with van der Waals surface area (Å²) in [7, 11) is 0. The number of nitrogens with zero attached hydrogens (tertiary/aromatic N) is 5. The molecule has 0 unspecified atom stereocenters. The molecule has 1 atom stereocenters. The molecule has 0 saturated carbocycles. The molecule has 0 fully saturated rings. The van der Waals surface area contributed by atoms with Crippen LogP contribution in [0.1, 0.15) is 17.2 Å². The molecule has 3 aromatic heterocycles. The van der Waals surface area contributed by atoms with Gasteiger partial charge in [-0.15, -0.1) is 0 Å². The first-order valence-electron chi connectivity index (χ1n) is 7.70. The number of halogens is 1. The fourth-order valence-corrected chi connectivity index (χ4v) is 3.36. The second kappa shape index (κ2) is 5.53. The molecule has 4 heterocycles. The smallest absolute Gasteiger partial charge is 0.288 e. The first-order chi connectivity index (χ1) is 12.7. The molecule has 0 amide bonds. The topological polar surface area (TPSA) is 115 Å². The quantitative estimate of drug-likeness (QED) is 0.492. The number of aromatic amines is 1. The molecule has 0 bridgehead atoms. The number of H-pyrrole nitrogens is 1. The molecular formula is C16H10ClN7O2. The Balaban J connectivity index is 1.87. The predicted octanol–water partition coefficient (Wildman–Crippen LogP) is 2.36. The summed E-state index contributed by atoms with van der Waals surface area (Å²) >= 11 is 6.44. The summed E-state index contributed by atoms with van der Waals surface area (Å²) in [6, 6.07) is 10.3. The van der Waals surface area contributed by atoms with Crippen molar-refractivity contribution in [3.63, 3.8) is 0 Å². The maximum Gasteiger partial charge on any atom is 0.288 e. The number of rotatable bonds is 2. The number of hydrogen-bond donors (Lipinski definition) is 2. The number of nitrogens with one attached hydrogen (secondary N) is 2. The van der Waals surface area contributed by atoms with E-state index in [4.69, 9.17) is 16.0 Å². The molecule has 0 aliphatic carbocycles. The van der Waals surface area contributed by atoms with Crippen molar-refractivity contribution in [1.29, 1.82) is 0 Å². The molecule has 9 nitrogen and oxygen atoms in total. The van der Waals surface area contributed by atoms with E-state index >= 15 is 0 Å². The first kappa shape index (κ1) is 14.8. The van der Waals surface area contributed by atoms with Crippen molar-refractivity contribution < 1.29 is 4.42 Å². The maximum atomic E-state index is 12.5. The van der Waals surface area contributed by atoms with Crippen molar-refractivity contribution in [2.24, 2.45) is 0 Å². The summed E-state index contributed by atoms with van der Waals surface area (Å²) in [6.45, 7) is 0. The van der Waals surface area contributed by atoms with Crippen LogP contribution in [0.2, 0.25) is 5.02 Å². The second-order valence-electron chi connectivity index (χ2n) is 5.66. The zero-order chi connectivity index (χ0) is 17.7. The van der Waals surface area contributed by atoms with Crippen molar-refractivity contribution in [1.82, 2.24) is 30.4 Å². The number of furan rings is 1. The van der Waals surface area contributed by atoms with Crippen molar-refractivity contribution >= 4 is 23.2 Å². The van der Waals surface area contributed by atoms with E-state index in [0.717, 1.165) is 5.56 Å². The fourth-order valence-electron chi connectivity index (χ4n) is 3.12. The van der Waals surface area contributed by atoms with Crippen molar-refractivity contribution in [3.8, 4) is 11.5 Å². The van der Waals surface area contributed by atoms with E-state index in [1.165, 1.54) is 6.26 Å². The van der Waals surface area contributed by atoms with Crippen LogP contribution in [-0.2, 0) is 0 Å². The largest absolute Gasteiger partial charge is 0.463 e. The monoisotopic (exact) mass is 367 g/mol. The van der Waals surface area contributed by atoms with Crippen LogP contribution in [0.3, 0.4) is 0 Å². The van der Waals surface area contributed by atoms with E-state index in [1.54, 1.807) is 22.9 Å². The normalized spacial score (nSPS) is 15.2. The lowest BCUT2D eigenvalue weighted by Gasteiger charge is -2.27. The highest BCUT2D eigenvalue weighted by Gasteiger charge is 2.35. The molecule has 2 N–H and O–H groups in total. The summed E-state index contributed by atoms with van der Waals surface area (Å²) in [4.78, 5) is 12.5. The molecule has 26 heavy (non-hydrogen) atoms. The van der Waals surface area contributed by atoms with Gasteiger partial charge in [-0.1, -0.05) is 34.9 Å². The number of anilines is 2. The lowest BCUT2D eigenvalue weighted by molar-refractivity contribution is 0.554.